The van der Waals surface area contributed by atoms with Crippen LogP contribution in [-0.2, 0) is 23.9 Å². The molecule has 0 aromatic rings. The van der Waals surface area contributed by atoms with Crippen molar-refractivity contribution in [1.82, 2.24) is 5.32 Å². The molecule has 8 bridgehead atoms. The lowest BCUT2D eigenvalue weighted by atomic mass is 9.85. The second-order valence-electron chi connectivity index (χ2n) is 11.9. The number of hydrogen-bond donors (Lipinski definition) is 2. The third kappa shape index (κ3) is 4.62. The van der Waals surface area contributed by atoms with Gasteiger partial charge in [-0.05, 0) is 74.1 Å². The molecule has 0 spiro atoms. The van der Waals surface area contributed by atoms with E-state index in [9.17, 15) is 19.5 Å². The standard InChI is InChI=1S/C35H36N4O6/c1-8-19-15(2)23-12-27-21(14-40)17(4)22(37-27)11-24-16(3)20(9-10-28(41)44-6)32(38-24)30-31(35(43)45-7)34(42)29-18(5)25(39-33(29)30)13-26(19)36-23/h11-14,16,20,31,38,40H,8-10H2,1-7H3/t16-,20-,31+/m0/s1. The molecule has 0 unspecified atom stereocenters. The van der Waals surface area contributed by atoms with E-state index in [0.717, 1.165) is 46.5 Å². The van der Waals surface area contributed by atoms with Crippen LogP contribution in [0.1, 0.15) is 53.9 Å². The molecule has 3 atom stereocenters. The first-order valence-corrected chi connectivity index (χ1v) is 15.1. The lowest BCUT2D eigenvalue weighted by Gasteiger charge is -2.19. The van der Waals surface area contributed by atoms with Crippen LogP contribution in [0.15, 0.2) is 107 Å². The van der Waals surface area contributed by atoms with Crippen LogP contribution in [0.2, 0.25) is 0 Å². The van der Waals surface area contributed by atoms with Crippen molar-refractivity contribution in [2.24, 2.45) is 32.7 Å². The highest BCUT2D eigenvalue weighted by molar-refractivity contribution is 6.42. The molecule has 0 radical (unpaired) electrons. The lowest BCUT2D eigenvalue weighted by Crippen LogP contribution is -2.26. The number of aliphatic hydroxyl groups excluding tert-OH is 1. The maximum atomic E-state index is 14.0. The van der Waals surface area contributed by atoms with E-state index in [0.29, 0.717) is 57.2 Å². The molecule has 1 aliphatic carbocycles. The predicted octanol–water partition coefficient (Wildman–Crippen LogP) is 5.21. The number of rotatable bonds is 5. The Morgan fingerprint density at radius 2 is 1.69 bits per heavy atom. The third-order valence-electron chi connectivity index (χ3n) is 9.65. The Balaban J connectivity index is 1.66. The van der Waals surface area contributed by atoms with E-state index in [2.05, 4.69) is 12.2 Å². The van der Waals surface area contributed by atoms with Gasteiger partial charge in [-0.2, -0.15) is 0 Å². The van der Waals surface area contributed by atoms with E-state index in [1.807, 2.05) is 45.9 Å². The van der Waals surface area contributed by atoms with E-state index in [1.165, 1.54) is 14.2 Å². The van der Waals surface area contributed by atoms with E-state index in [4.69, 9.17) is 24.5 Å². The molecule has 1 saturated carbocycles. The number of carbonyl (C=O) groups is 3. The molecule has 10 heteroatoms. The van der Waals surface area contributed by atoms with Crippen molar-refractivity contribution in [1.29, 1.82) is 0 Å². The topological polar surface area (TPSA) is 139 Å². The summed E-state index contributed by atoms with van der Waals surface area (Å²) < 4.78 is 10.1. The zero-order valence-electron chi connectivity index (χ0n) is 26.5. The fourth-order valence-electron chi connectivity index (χ4n) is 7.03. The highest BCUT2D eigenvalue weighted by Crippen LogP contribution is 2.47. The van der Waals surface area contributed by atoms with Gasteiger partial charge in [0.1, 0.15) is 5.92 Å². The van der Waals surface area contributed by atoms with Gasteiger partial charge in [-0.15, -0.1) is 0 Å². The molecular weight excluding hydrogens is 572 g/mol. The van der Waals surface area contributed by atoms with Crippen molar-refractivity contribution in [2.45, 2.75) is 53.9 Å². The summed E-state index contributed by atoms with van der Waals surface area (Å²) in [6, 6.07) is 0. The second kappa shape index (κ2) is 11.3. The minimum absolute atomic E-state index is 0.147. The van der Waals surface area contributed by atoms with Crippen molar-refractivity contribution in [3.05, 3.63) is 92.0 Å². The minimum atomic E-state index is -1.19. The normalized spacial score (nSPS) is 26.2. The average molecular weight is 609 g/mol. The summed E-state index contributed by atoms with van der Waals surface area (Å²) in [6.07, 6.45) is 8.06. The molecule has 2 N–H and O–H groups in total. The zero-order chi connectivity index (χ0) is 32.3. The molecule has 6 rings (SSSR count). The molecule has 0 aromatic heterocycles. The predicted molar refractivity (Wildman–Crippen MR) is 170 cm³/mol. The van der Waals surface area contributed by atoms with Crippen molar-refractivity contribution >= 4 is 34.9 Å². The molecule has 0 aromatic carbocycles. The molecular formula is C35H36N4O6. The third-order valence-corrected chi connectivity index (χ3v) is 9.65. The largest absolute Gasteiger partial charge is 0.515 e. The van der Waals surface area contributed by atoms with Crippen LogP contribution in [-0.4, -0.2) is 54.2 Å². The number of ether oxygens (including phenoxy) is 2. The number of aliphatic imine (C=N–C) groups is 3. The molecule has 6 aliphatic rings. The number of Topliss-reactive ketones (excluding diaryl/α,β-unsaturated/α-hetero) is 1. The summed E-state index contributed by atoms with van der Waals surface area (Å²) in [6.45, 7) is 9.85. The molecule has 5 aliphatic heterocycles. The summed E-state index contributed by atoms with van der Waals surface area (Å²) in [7, 11) is 2.62. The monoisotopic (exact) mass is 608 g/mol. The fraction of sp³-hybridized carbons (Fsp3) is 0.371. The number of ketones is 1. The first-order chi connectivity index (χ1) is 21.5. The smallest absolute Gasteiger partial charge is 0.321 e. The van der Waals surface area contributed by atoms with Crippen LogP contribution in [0.4, 0.5) is 0 Å². The van der Waals surface area contributed by atoms with E-state index >= 15 is 0 Å². The summed E-state index contributed by atoms with van der Waals surface area (Å²) in [4.78, 5) is 54.4. The van der Waals surface area contributed by atoms with Gasteiger partial charge in [0.15, 0.2) is 5.78 Å². The minimum Gasteiger partial charge on any atom is -0.515 e. The number of esters is 2. The van der Waals surface area contributed by atoms with Crippen LogP contribution in [0.3, 0.4) is 0 Å². The molecule has 2 fully saturated rings. The Labute approximate surface area is 261 Å². The van der Waals surface area contributed by atoms with Crippen molar-refractivity contribution in [3.8, 4) is 0 Å². The second-order valence-corrected chi connectivity index (χ2v) is 11.9. The van der Waals surface area contributed by atoms with Crippen LogP contribution in [0, 0.1) is 17.8 Å². The number of methoxy groups -OCH3 is 2. The van der Waals surface area contributed by atoms with Crippen molar-refractivity contribution in [2.75, 3.05) is 14.2 Å². The van der Waals surface area contributed by atoms with Gasteiger partial charge in [-0.25, -0.2) is 15.0 Å². The molecule has 10 nitrogen and oxygen atoms in total. The Morgan fingerprint density at radius 3 is 2.36 bits per heavy atom. The maximum Gasteiger partial charge on any atom is 0.321 e. The molecule has 0 amide bonds. The number of allylic oxidation sites excluding steroid dienone is 11. The number of nitrogens with zero attached hydrogens (tertiary/aromatic N) is 3. The molecule has 1 saturated heterocycles. The van der Waals surface area contributed by atoms with E-state index in [-0.39, 0.29) is 30.0 Å². The van der Waals surface area contributed by atoms with Gasteiger partial charge in [-0.3, -0.25) is 14.4 Å². The van der Waals surface area contributed by atoms with Gasteiger partial charge in [0, 0.05) is 46.4 Å². The van der Waals surface area contributed by atoms with Gasteiger partial charge >= 0.3 is 11.9 Å². The van der Waals surface area contributed by atoms with E-state index in [1.54, 1.807) is 0 Å². The van der Waals surface area contributed by atoms with Crippen molar-refractivity contribution < 1.29 is 29.0 Å². The van der Waals surface area contributed by atoms with Crippen LogP contribution < -0.4 is 5.32 Å². The Kier molecular flexibility index (Phi) is 7.54. The van der Waals surface area contributed by atoms with Gasteiger partial charge < -0.3 is 19.9 Å². The maximum absolute atomic E-state index is 14.0. The summed E-state index contributed by atoms with van der Waals surface area (Å²) in [5, 5.41) is 13.8. The quantitative estimate of drug-likeness (QED) is 0.248. The highest BCUT2D eigenvalue weighted by atomic mass is 16.5. The van der Waals surface area contributed by atoms with Crippen LogP contribution >= 0.6 is 0 Å². The number of hydrogen-bond acceptors (Lipinski definition) is 10. The molecule has 5 heterocycles. The highest BCUT2D eigenvalue weighted by Gasteiger charge is 2.51. The van der Waals surface area contributed by atoms with Gasteiger partial charge in [0.2, 0.25) is 0 Å². The molecule has 232 valence electrons. The summed E-state index contributed by atoms with van der Waals surface area (Å²) in [5.74, 6) is -2.99. The summed E-state index contributed by atoms with van der Waals surface area (Å²) in [5.41, 5.74) is 10.2. The van der Waals surface area contributed by atoms with Crippen LogP contribution in [0.5, 0.6) is 0 Å². The number of carbonyl (C=O) groups excluding carboxylic acids is 3. The van der Waals surface area contributed by atoms with Crippen LogP contribution in [0.25, 0.3) is 0 Å². The average Bonchev–Trinajstić information content (AvgIpc) is 3.76. The SMILES string of the molecule is CCC1=C(C)C2=CC3=NC(=C(C)C3=CO)C=C3NC(=C4C5=NC(=CC1=N2)C(C)=C5C(=O)[C@@H]4C(=O)OC)[C@@H](CCC(=O)OC)[C@@H]3C. The number of aliphatic hydroxyl groups is 1. The number of fused-ring (bicyclic) bond motifs is 5. The Hall–Kier alpha value is -4.86. The Bertz CT molecular complexity index is 1830. The summed E-state index contributed by atoms with van der Waals surface area (Å²) >= 11 is 0. The molecule has 45 heavy (non-hydrogen) atoms. The van der Waals surface area contributed by atoms with E-state index < -0.39 is 11.9 Å². The van der Waals surface area contributed by atoms with Gasteiger partial charge in [0.25, 0.3) is 0 Å². The first-order valence-electron chi connectivity index (χ1n) is 15.1. The van der Waals surface area contributed by atoms with Gasteiger partial charge in [0.05, 0.1) is 54.7 Å². The van der Waals surface area contributed by atoms with Gasteiger partial charge in [-0.1, -0.05) is 13.8 Å². The fourth-order valence-corrected chi connectivity index (χ4v) is 7.03. The van der Waals surface area contributed by atoms with Crippen molar-refractivity contribution in [3.63, 3.8) is 0 Å². The number of nitrogens with one attached hydrogen (secondary N) is 1. The zero-order valence-corrected chi connectivity index (χ0v) is 26.5. The Morgan fingerprint density at radius 1 is 0.978 bits per heavy atom. The first kappa shape index (κ1) is 30.2. The lowest BCUT2D eigenvalue weighted by molar-refractivity contribution is -0.146.